The first-order valence-electron chi connectivity index (χ1n) is 11.4. The van der Waals surface area contributed by atoms with Gasteiger partial charge in [-0.2, -0.15) is 0 Å². The van der Waals surface area contributed by atoms with Crippen LogP contribution in [0.1, 0.15) is 33.0 Å². The molecule has 1 amide bonds. The predicted molar refractivity (Wildman–Crippen MR) is 156 cm³/mol. The summed E-state index contributed by atoms with van der Waals surface area (Å²) < 4.78 is 17.1. The maximum Gasteiger partial charge on any atom is 0.291 e. The Morgan fingerprint density at radius 3 is 2.23 bits per heavy atom. The molecule has 40 heavy (non-hydrogen) atoms. The van der Waals surface area contributed by atoms with Crippen LogP contribution in [0.5, 0.6) is 17.2 Å². The summed E-state index contributed by atoms with van der Waals surface area (Å²) in [6, 6.07) is 10.7. The van der Waals surface area contributed by atoms with Crippen molar-refractivity contribution in [2.24, 2.45) is 0 Å². The van der Waals surface area contributed by atoms with Gasteiger partial charge in [-0.15, -0.1) is 0 Å². The third-order valence-electron chi connectivity index (χ3n) is 5.77. The smallest absolute Gasteiger partial charge is 0.291 e. The fourth-order valence-corrected chi connectivity index (χ4v) is 4.91. The highest BCUT2D eigenvalue weighted by molar-refractivity contribution is 6.55. The zero-order chi connectivity index (χ0) is 29.3. The number of hydrogen-bond donors (Lipinski definition) is 1. The van der Waals surface area contributed by atoms with E-state index in [4.69, 9.17) is 71.9 Å². The Hall–Kier alpha value is -3.14. The minimum atomic E-state index is -0.658. The van der Waals surface area contributed by atoms with E-state index in [9.17, 15) is 14.9 Å². The van der Waals surface area contributed by atoms with Gasteiger partial charge in [-0.25, -0.2) is 0 Å². The lowest BCUT2D eigenvalue weighted by molar-refractivity contribution is -0.384. The van der Waals surface area contributed by atoms with E-state index in [1.54, 1.807) is 0 Å². The molecule has 1 N–H and O–H groups in total. The number of hydrogen-bond acceptors (Lipinski definition) is 6. The lowest BCUT2D eigenvalue weighted by Gasteiger charge is -2.13. The number of nitrogens with zero attached hydrogens (tertiary/aromatic N) is 1. The van der Waals surface area contributed by atoms with Crippen LogP contribution >= 0.6 is 58.0 Å². The topological polar surface area (TPSA) is 104 Å². The van der Waals surface area contributed by atoms with E-state index in [1.165, 1.54) is 30.3 Å². The highest BCUT2D eigenvalue weighted by Crippen LogP contribution is 2.48. The number of aryl methyl sites for hydroxylation is 2. The number of nitrogens with one attached hydrogen (secondary N) is 1. The van der Waals surface area contributed by atoms with Crippen molar-refractivity contribution in [3.63, 3.8) is 0 Å². The standard InChI is InChI=1S/C27H19Cl5N2O6/c1-12-6-13(2)14(3)20(7-12)40-18-9-15(8-16(10-18)34(36)37)33-27(35)19-5-4-17(39-19)11-38-26-24(31)22(29)21(28)23(30)25(26)32/h4-10H,11H2,1-3H3,(H,33,35). The molecule has 0 spiro atoms. The molecule has 0 saturated heterocycles. The van der Waals surface area contributed by atoms with Crippen LogP contribution in [0, 0.1) is 30.9 Å². The average Bonchev–Trinajstić information content (AvgIpc) is 3.38. The van der Waals surface area contributed by atoms with Crippen molar-refractivity contribution in [3.05, 3.63) is 106 Å². The van der Waals surface area contributed by atoms with Crippen LogP contribution in [-0.2, 0) is 6.61 Å². The molecule has 1 aromatic heterocycles. The van der Waals surface area contributed by atoms with Crippen LogP contribution in [0.15, 0.2) is 46.9 Å². The number of ether oxygens (including phenoxy) is 2. The number of halogens is 5. The van der Waals surface area contributed by atoms with Crippen LogP contribution in [0.2, 0.25) is 25.1 Å². The first kappa shape index (κ1) is 29.8. The van der Waals surface area contributed by atoms with Gasteiger partial charge in [-0.3, -0.25) is 14.9 Å². The molecule has 0 aliphatic heterocycles. The van der Waals surface area contributed by atoms with Gasteiger partial charge in [0.05, 0.1) is 31.7 Å². The number of benzene rings is 3. The number of non-ortho nitro benzene ring substituents is 1. The molecule has 0 unspecified atom stereocenters. The van der Waals surface area contributed by atoms with Crippen LogP contribution in [0.25, 0.3) is 0 Å². The largest absolute Gasteiger partial charge is 0.482 e. The van der Waals surface area contributed by atoms with Gasteiger partial charge in [0.15, 0.2) is 11.5 Å². The van der Waals surface area contributed by atoms with E-state index in [2.05, 4.69) is 5.32 Å². The Kier molecular flexibility index (Phi) is 9.07. The highest BCUT2D eigenvalue weighted by atomic mass is 35.5. The molecule has 0 aliphatic rings. The van der Waals surface area contributed by atoms with Crippen molar-refractivity contribution >= 4 is 75.3 Å². The SMILES string of the molecule is Cc1cc(C)c(C)c(Oc2cc(NC(=O)c3ccc(COc4c(Cl)c(Cl)c(Cl)c(Cl)c4Cl)o3)cc([N+](=O)[O-])c2)c1. The van der Waals surface area contributed by atoms with Crippen molar-refractivity contribution in [2.45, 2.75) is 27.4 Å². The van der Waals surface area contributed by atoms with Crippen LogP contribution < -0.4 is 14.8 Å². The number of nitro groups is 1. The Balaban J connectivity index is 1.52. The molecule has 0 radical (unpaired) electrons. The summed E-state index contributed by atoms with van der Waals surface area (Å²) in [6.07, 6.45) is 0. The lowest BCUT2D eigenvalue weighted by Crippen LogP contribution is -2.11. The summed E-state index contributed by atoms with van der Waals surface area (Å²) >= 11 is 30.4. The van der Waals surface area contributed by atoms with Crippen molar-refractivity contribution in [1.82, 2.24) is 0 Å². The fourth-order valence-electron chi connectivity index (χ4n) is 3.68. The fraction of sp³-hybridized carbons (Fsp3) is 0.148. The molecule has 0 saturated carbocycles. The summed E-state index contributed by atoms with van der Waals surface area (Å²) in [5.74, 6) is 0.228. The summed E-state index contributed by atoms with van der Waals surface area (Å²) in [5, 5.41) is 14.0. The Labute approximate surface area is 253 Å². The first-order chi connectivity index (χ1) is 18.8. The van der Waals surface area contributed by atoms with Crippen LogP contribution in [0.3, 0.4) is 0 Å². The molecular formula is C27H19Cl5N2O6. The van der Waals surface area contributed by atoms with Crippen molar-refractivity contribution < 1.29 is 23.6 Å². The maximum absolute atomic E-state index is 12.9. The summed E-state index contributed by atoms with van der Waals surface area (Å²) in [7, 11) is 0. The number of nitro benzene ring substituents is 1. The van der Waals surface area contributed by atoms with E-state index < -0.39 is 10.8 Å². The molecule has 4 aromatic rings. The third-order valence-corrected chi connectivity index (χ3v) is 8.01. The normalized spacial score (nSPS) is 10.9. The highest BCUT2D eigenvalue weighted by Gasteiger charge is 2.22. The zero-order valence-corrected chi connectivity index (χ0v) is 24.8. The number of anilines is 1. The molecule has 8 nitrogen and oxygen atoms in total. The molecule has 0 bridgehead atoms. The van der Waals surface area contributed by atoms with Gasteiger partial charge in [-0.05, 0) is 55.7 Å². The predicted octanol–water partition coefficient (Wildman–Crippen LogP) is 10.0. The van der Waals surface area contributed by atoms with Gasteiger partial charge < -0.3 is 19.2 Å². The van der Waals surface area contributed by atoms with E-state index in [-0.39, 0.29) is 66.1 Å². The lowest BCUT2D eigenvalue weighted by atomic mass is 10.1. The van der Waals surface area contributed by atoms with Gasteiger partial charge in [-0.1, -0.05) is 64.1 Å². The van der Waals surface area contributed by atoms with E-state index >= 15 is 0 Å². The number of carbonyl (C=O) groups is 1. The second-order valence-electron chi connectivity index (χ2n) is 8.69. The van der Waals surface area contributed by atoms with Crippen molar-refractivity contribution in [1.29, 1.82) is 0 Å². The molecule has 4 rings (SSSR count). The van der Waals surface area contributed by atoms with Crippen molar-refractivity contribution in [3.8, 4) is 17.2 Å². The van der Waals surface area contributed by atoms with Crippen molar-refractivity contribution in [2.75, 3.05) is 5.32 Å². The van der Waals surface area contributed by atoms with Gasteiger partial charge in [0, 0.05) is 12.1 Å². The minimum Gasteiger partial charge on any atom is -0.482 e. The molecule has 0 fully saturated rings. The van der Waals surface area contributed by atoms with E-state index in [0.717, 1.165) is 16.7 Å². The molecule has 0 aliphatic carbocycles. The zero-order valence-electron chi connectivity index (χ0n) is 21.0. The number of rotatable bonds is 8. The quantitative estimate of drug-likeness (QED) is 0.0886. The van der Waals surface area contributed by atoms with Crippen LogP contribution in [0.4, 0.5) is 11.4 Å². The Morgan fingerprint density at radius 2 is 1.57 bits per heavy atom. The minimum absolute atomic E-state index is 0.00620. The second kappa shape index (κ2) is 12.2. The van der Waals surface area contributed by atoms with Gasteiger partial charge >= 0.3 is 0 Å². The number of amides is 1. The molecule has 3 aromatic carbocycles. The number of furan rings is 1. The maximum atomic E-state index is 12.9. The average molecular weight is 645 g/mol. The summed E-state index contributed by atoms with van der Waals surface area (Å²) in [5.41, 5.74) is 2.74. The summed E-state index contributed by atoms with van der Waals surface area (Å²) in [6.45, 7) is 5.58. The van der Waals surface area contributed by atoms with E-state index in [1.807, 2.05) is 32.9 Å². The first-order valence-corrected chi connectivity index (χ1v) is 13.3. The van der Waals surface area contributed by atoms with Gasteiger partial charge in [0.1, 0.15) is 33.9 Å². The molecule has 0 atom stereocenters. The third kappa shape index (κ3) is 6.43. The Bertz CT molecular complexity index is 1620. The van der Waals surface area contributed by atoms with Crippen LogP contribution in [-0.4, -0.2) is 10.8 Å². The van der Waals surface area contributed by atoms with Gasteiger partial charge in [0.2, 0.25) is 0 Å². The molecule has 13 heteroatoms. The summed E-state index contributed by atoms with van der Waals surface area (Å²) in [4.78, 5) is 23.9. The van der Waals surface area contributed by atoms with E-state index in [0.29, 0.717) is 5.75 Å². The Morgan fingerprint density at radius 1 is 0.925 bits per heavy atom. The second-order valence-corrected chi connectivity index (χ2v) is 10.6. The van der Waals surface area contributed by atoms with Gasteiger partial charge in [0.25, 0.3) is 11.6 Å². The molecule has 208 valence electrons. The molecule has 1 heterocycles. The number of carbonyl (C=O) groups excluding carboxylic acids is 1. The molecular weight excluding hydrogens is 626 g/mol. The monoisotopic (exact) mass is 642 g/mol.